The molecule has 0 aliphatic carbocycles. The number of carbonyl (C=O) groups excluding carboxylic acids is 1. The Hall–Kier alpha value is -1.81. The SMILES string of the molecule is CNCC1CCN(C(=O)C=C(C)Cc2ccccc2OC)C1. The maximum absolute atomic E-state index is 12.3. The lowest BCUT2D eigenvalue weighted by atomic mass is 10.0. The molecule has 1 fully saturated rings. The second-order valence-corrected chi connectivity index (χ2v) is 5.98. The Morgan fingerprint density at radius 1 is 1.45 bits per heavy atom. The summed E-state index contributed by atoms with van der Waals surface area (Å²) in [6, 6.07) is 7.95. The van der Waals surface area contributed by atoms with Gasteiger partial charge in [0.1, 0.15) is 5.75 Å². The van der Waals surface area contributed by atoms with Crippen molar-refractivity contribution in [2.75, 3.05) is 33.8 Å². The van der Waals surface area contributed by atoms with E-state index in [1.165, 1.54) is 0 Å². The van der Waals surface area contributed by atoms with Crippen LogP contribution in [-0.2, 0) is 11.2 Å². The molecule has 0 aromatic heterocycles. The van der Waals surface area contributed by atoms with Crippen molar-refractivity contribution in [1.29, 1.82) is 0 Å². The van der Waals surface area contributed by atoms with Crippen molar-refractivity contribution in [3.05, 3.63) is 41.5 Å². The summed E-state index contributed by atoms with van der Waals surface area (Å²) in [6.45, 7) is 4.71. The first-order valence-corrected chi connectivity index (χ1v) is 7.86. The zero-order valence-corrected chi connectivity index (χ0v) is 13.8. The average Bonchev–Trinajstić information content (AvgIpc) is 2.97. The van der Waals surface area contributed by atoms with Crippen molar-refractivity contribution < 1.29 is 9.53 Å². The Labute approximate surface area is 133 Å². The first kappa shape index (κ1) is 16.6. The van der Waals surface area contributed by atoms with Crippen LogP contribution in [0, 0.1) is 5.92 Å². The summed E-state index contributed by atoms with van der Waals surface area (Å²) in [4.78, 5) is 14.3. The molecule has 1 heterocycles. The van der Waals surface area contributed by atoms with Gasteiger partial charge in [0.05, 0.1) is 7.11 Å². The molecule has 1 aliphatic rings. The average molecular weight is 302 g/mol. The minimum absolute atomic E-state index is 0.131. The predicted molar refractivity (Wildman–Crippen MR) is 89.1 cm³/mol. The molecule has 1 saturated heterocycles. The Kier molecular flexibility index (Phi) is 6.01. The van der Waals surface area contributed by atoms with Crippen molar-refractivity contribution in [2.24, 2.45) is 5.92 Å². The largest absolute Gasteiger partial charge is 0.496 e. The molecule has 1 amide bonds. The lowest BCUT2D eigenvalue weighted by Gasteiger charge is -2.15. The van der Waals surface area contributed by atoms with Crippen LogP contribution >= 0.6 is 0 Å². The van der Waals surface area contributed by atoms with Gasteiger partial charge < -0.3 is 15.0 Å². The highest BCUT2D eigenvalue weighted by atomic mass is 16.5. The van der Waals surface area contributed by atoms with E-state index in [2.05, 4.69) is 5.32 Å². The number of methoxy groups -OCH3 is 1. The number of amides is 1. The molecule has 1 aliphatic heterocycles. The highest BCUT2D eigenvalue weighted by molar-refractivity contribution is 5.88. The van der Waals surface area contributed by atoms with Crippen LogP contribution in [0.5, 0.6) is 5.75 Å². The van der Waals surface area contributed by atoms with E-state index in [-0.39, 0.29) is 5.91 Å². The lowest BCUT2D eigenvalue weighted by Crippen LogP contribution is -2.29. The normalized spacial score (nSPS) is 18.6. The van der Waals surface area contributed by atoms with Gasteiger partial charge in [0.2, 0.25) is 5.91 Å². The number of likely N-dealkylation sites (tertiary alicyclic amines) is 1. The minimum atomic E-state index is 0.131. The van der Waals surface area contributed by atoms with Crippen LogP contribution in [0.2, 0.25) is 0 Å². The van der Waals surface area contributed by atoms with E-state index in [9.17, 15) is 4.79 Å². The number of nitrogens with zero attached hydrogens (tertiary/aromatic N) is 1. The van der Waals surface area contributed by atoms with Crippen molar-refractivity contribution in [3.8, 4) is 5.75 Å². The lowest BCUT2D eigenvalue weighted by molar-refractivity contribution is -0.125. The summed E-state index contributed by atoms with van der Waals surface area (Å²) in [5, 5.41) is 3.19. The van der Waals surface area contributed by atoms with Crippen molar-refractivity contribution in [3.63, 3.8) is 0 Å². The molecule has 0 bridgehead atoms. The third-order valence-electron chi connectivity index (χ3n) is 4.12. The van der Waals surface area contributed by atoms with Crippen LogP contribution in [0.25, 0.3) is 0 Å². The molecule has 1 atom stereocenters. The Morgan fingerprint density at radius 3 is 2.95 bits per heavy atom. The summed E-state index contributed by atoms with van der Waals surface area (Å²) >= 11 is 0. The first-order valence-electron chi connectivity index (χ1n) is 7.86. The summed E-state index contributed by atoms with van der Waals surface area (Å²) in [5.74, 6) is 1.58. The van der Waals surface area contributed by atoms with Crippen LogP contribution in [0.4, 0.5) is 0 Å². The van der Waals surface area contributed by atoms with Gasteiger partial charge in [-0.05, 0) is 50.9 Å². The van der Waals surface area contributed by atoms with E-state index in [1.54, 1.807) is 13.2 Å². The number of allylic oxidation sites excluding steroid dienone is 1. The molecule has 2 rings (SSSR count). The van der Waals surface area contributed by atoms with Gasteiger partial charge in [-0.2, -0.15) is 0 Å². The number of rotatable bonds is 6. The van der Waals surface area contributed by atoms with Crippen molar-refractivity contribution in [1.82, 2.24) is 10.2 Å². The fourth-order valence-electron chi connectivity index (χ4n) is 2.99. The van der Waals surface area contributed by atoms with Gasteiger partial charge in [-0.3, -0.25) is 4.79 Å². The van der Waals surface area contributed by atoms with Crippen LogP contribution < -0.4 is 10.1 Å². The number of ether oxygens (including phenoxy) is 1. The summed E-state index contributed by atoms with van der Waals surface area (Å²) in [5.41, 5.74) is 2.17. The predicted octanol–water partition coefficient (Wildman–Crippen LogP) is 2.25. The molecule has 0 radical (unpaired) electrons. The summed E-state index contributed by atoms with van der Waals surface area (Å²) in [7, 11) is 3.64. The van der Waals surface area contributed by atoms with Gasteiger partial charge in [-0.1, -0.05) is 23.8 Å². The molecular weight excluding hydrogens is 276 g/mol. The van der Waals surface area contributed by atoms with Crippen LogP contribution in [0.3, 0.4) is 0 Å². The Bertz CT molecular complexity index is 540. The molecule has 0 spiro atoms. The van der Waals surface area contributed by atoms with Gasteiger partial charge in [0.15, 0.2) is 0 Å². The molecule has 1 aromatic carbocycles. The van der Waals surface area contributed by atoms with E-state index in [1.807, 2.05) is 43.1 Å². The summed E-state index contributed by atoms with van der Waals surface area (Å²) in [6.07, 6.45) is 3.60. The quantitative estimate of drug-likeness (QED) is 0.820. The molecule has 4 nitrogen and oxygen atoms in total. The summed E-state index contributed by atoms with van der Waals surface area (Å²) < 4.78 is 5.36. The van der Waals surface area contributed by atoms with Gasteiger partial charge in [-0.25, -0.2) is 0 Å². The van der Waals surface area contributed by atoms with Crippen molar-refractivity contribution in [2.45, 2.75) is 19.8 Å². The number of carbonyl (C=O) groups is 1. The maximum Gasteiger partial charge on any atom is 0.246 e. The number of hydrogen-bond acceptors (Lipinski definition) is 3. The van der Waals surface area contributed by atoms with E-state index in [0.29, 0.717) is 5.92 Å². The van der Waals surface area contributed by atoms with Crippen molar-refractivity contribution >= 4 is 5.91 Å². The van der Waals surface area contributed by atoms with Gasteiger partial charge in [0, 0.05) is 19.2 Å². The Morgan fingerprint density at radius 2 is 2.23 bits per heavy atom. The zero-order valence-electron chi connectivity index (χ0n) is 13.8. The van der Waals surface area contributed by atoms with Crippen LogP contribution in [0.1, 0.15) is 18.9 Å². The standard InChI is InChI=1S/C18H26N2O2/c1-14(10-16-6-4-5-7-17(16)22-3)11-18(21)20-9-8-15(13-20)12-19-2/h4-7,11,15,19H,8-10,12-13H2,1-3H3. The highest BCUT2D eigenvalue weighted by Crippen LogP contribution is 2.21. The molecule has 4 heteroatoms. The number of para-hydroxylation sites is 1. The molecule has 120 valence electrons. The van der Waals surface area contributed by atoms with Crippen LogP contribution in [0.15, 0.2) is 35.9 Å². The topological polar surface area (TPSA) is 41.6 Å². The number of benzene rings is 1. The Balaban J connectivity index is 1.96. The fraction of sp³-hybridized carbons (Fsp3) is 0.500. The minimum Gasteiger partial charge on any atom is -0.496 e. The molecular formula is C18H26N2O2. The van der Waals surface area contributed by atoms with Crippen LogP contribution in [-0.4, -0.2) is 44.6 Å². The molecule has 22 heavy (non-hydrogen) atoms. The highest BCUT2D eigenvalue weighted by Gasteiger charge is 2.24. The van der Waals surface area contributed by atoms with Gasteiger partial charge >= 0.3 is 0 Å². The third-order valence-corrected chi connectivity index (χ3v) is 4.12. The zero-order chi connectivity index (χ0) is 15.9. The third kappa shape index (κ3) is 4.34. The number of hydrogen-bond donors (Lipinski definition) is 1. The van der Waals surface area contributed by atoms with E-state index < -0.39 is 0 Å². The van der Waals surface area contributed by atoms with E-state index in [4.69, 9.17) is 4.74 Å². The molecule has 1 unspecified atom stereocenters. The fourth-order valence-corrected chi connectivity index (χ4v) is 2.99. The first-order chi connectivity index (χ1) is 10.6. The van der Waals surface area contributed by atoms with E-state index in [0.717, 1.165) is 49.4 Å². The molecule has 0 saturated carbocycles. The van der Waals surface area contributed by atoms with Gasteiger partial charge in [-0.15, -0.1) is 0 Å². The maximum atomic E-state index is 12.3. The monoisotopic (exact) mass is 302 g/mol. The molecule has 1 aromatic rings. The second-order valence-electron chi connectivity index (χ2n) is 5.98. The van der Waals surface area contributed by atoms with Gasteiger partial charge in [0.25, 0.3) is 0 Å². The second kappa shape index (κ2) is 7.99. The number of nitrogens with one attached hydrogen (secondary N) is 1. The van der Waals surface area contributed by atoms with E-state index >= 15 is 0 Å². The molecule has 1 N–H and O–H groups in total. The smallest absolute Gasteiger partial charge is 0.246 e.